The van der Waals surface area contributed by atoms with E-state index in [1.165, 1.54) is 0 Å². The smallest absolute Gasteiger partial charge is 0.338 e. The zero-order chi connectivity index (χ0) is 15.1. The lowest BCUT2D eigenvalue weighted by atomic mass is 10.2. The van der Waals surface area contributed by atoms with Gasteiger partial charge in [0.1, 0.15) is 5.75 Å². The number of benzene rings is 2. The summed E-state index contributed by atoms with van der Waals surface area (Å²) in [5, 5.41) is 12.6. The van der Waals surface area contributed by atoms with Gasteiger partial charge in [-0.2, -0.15) is 0 Å². The fraction of sp³-hybridized carbons (Fsp3) is 0.235. The minimum Gasteiger partial charge on any atom is -0.508 e. The van der Waals surface area contributed by atoms with Gasteiger partial charge in [0.15, 0.2) is 0 Å². The van der Waals surface area contributed by atoms with E-state index < -0.39 is 0 Å². The van der Waals surface area contributed by atoms with Gasteiger partial charge >= 0.3 is 5.97 Å². The SMILES string of the molecule is CCCOC(=O)c1ccc(NCc2cccc(O)c2)cc1. The van der Waals surface area contributed by atoms with Crippen molar-refractivity contribution in [1.29, 1.82) is 0 Å². The summed E-state index contributed by atoms with van der Waals surface area (Å²) in [6.07, 6.45) is 0.815. The third-order valence-electron chi connectivity index (χ3n) is 2.97. The molecule has 21 heavy (non-hydrogen) atoms. The molecule has 0 unspecified atom stereocenters. The zero-order valence-corrected chi connectivity index (χ0v) is 12.0. The predicted octanol–water partition coefficient (Wildman–Crippen LogP) is 3.57. The van der Waals surface area contributed by atoms with Gasteiger partial charge in [-0.15, -0.1) is 0 Å². The molecule has 0 atom stereocenters. The monoisotopic (exact) mass is 285 g/mol. The van der Waals surface area contributed by atoms with Gasteiger partial charge < -0.3 is 15.2 Å². The summed E-state index contributed by atoms with van der Waals surface area (Å²) in [6, 6.07) is 14.2. The Bertz CT molecular complexity index is 593. The first-order chi connectivity index (χ1) is 10.2. The Hall–Kier alpha value is -2.49. The summed E-state index contributed by atoms with van der Waals surface area (Å²) in [6.45, 7) is 3.01. The molecule has 2 aromatic rings. The maximum Gasteiger partial charge on any atom is 0.338 e. The highest BCUT2D eigenvalue weighted by Gasteiger charge is 2.06. The molecule has 2 aromatic carbocycles. The number of ether oxygens (including phenoxy) is 1. The molecular formula is C17H19NO3. The van der Waals surface area contributed by atoms with Gasteiger partial charge in [0.05, 0.1) is 12.2 Å². The van der Waals surface area contributed by atoms with E-state index in [0.717, 1.165) is 17.7 Å². The Kier molecular flexibility index (Phi) is 5.21. The molecule has 0 radical (unpaired) electrons. The minimum absolute atomic E-state index is 0.253. The summed E-state index contributed by atoms with van der Waals surface area (Å²) < 4.78 is 5.07. The molecule has 2 rings (SSSR count). The molecular weight excluding hydrogens is 266 g/mol. The number of hydrogen-bond donors (Lipinski definition) is 2. The second-order valence-electron chi connectivity index (χ2n) is 4.74. The van der Waals surface area contributed by atoms with Crippen LogP contribution in [-0.4, -0.2) is 17.7 Å². The molecule has 110 valence electrons. The van der Waals surface area contributed by atoms with Crippen molar-refractivity contribution >= 4 is 11.7 Å². The second-order valence-corrected chi connectivity index (χ2v) is 4.74. The fourth-order valence-electron chi connectivity index (χ4n) is 1.87. The van der Waals surface area contributed by atoms with Crippen LogP contribution in [0.5, 0.6) is 5.75 Å². The van der Waals surface area contributed by atoms with Crippen molar-refractivity contribution in [2.24, 2.45) is 0 Å². The lowest BCUT2D eigenvalue weighted by Crippen LogP contribution is -2.06. The number of phenolic OH excluding ortho intramolecular Hbond substituents is 1. The predicted molar refractivity (Wildman–Crippen MR) is 82.4 cm³/mol. The molecule has 0 saturated carbocycles. The first-order valence-corrected chi connectivity index (χ1v) is 6.98. The number of nitrogens with one attached hydrogen (secondary N) is 1. The van der Waals surface area contributed by atoms with Gasteiger partial charge in [0.25, 0.3) is 0 Å². The Morgan fingerprint density at radius 3 is 2.62 bits per heavy atom. The zero-order valence-electron chi connectivity index (χ0n) is 12.0. The lowest BCUT2D eigenvalue weighted by Gasteiger charge is -2.08. The van der Waals surface area contributed by atoms with Crippen molar-refractivity contribution in [3.63, 3.8) is 0 Å². The minimum atomic E-state index is -0.295. The van der Waals surface area contributed by atoms with Gasteiger partial charge in [0, 0.05) is 12.2 Å². The normalized spacial score (nSPS) is 10.1. The van der Waals surface area contributed by atoms with E-state index in [9.17, 15) is 9.90 Å². The van der Waals surface area contributed by atoms with E-state index in [1.807, 2.05) is 25.1 Å². The molecule has 4 heteroatoms. The largest absolute Gasteiger partial charge is 0.508 e. The Balaban J connectivity index is 1.92. The molecule has 0 fully saturated rings. The summed E-state index contributed by atoms with van der Waals surface area (Å²) in [7, 11) is 0. The maximum atomic E-state index is 11.7. The quantitative estimate of drug-likeness (QED) is 0.797. The number of hydrogen-bond acceptors (Lipinski definition) is 4. The number of anilines is 1. The van der Waals surface area contributed by atoms with E-state index in [-0.39, 0.29) is 11.7 Å². The molecule has 0 saturated heterocycles. The van der Waals surface area contributed by atoms with Crippen LogP contribution in [0.15, 0.2) is 48.5 Å². The first kappa shape index (κ1) is 14.9. The van der Waals surface area contributed by atoms with Crippen LogP contribution in [0, 0.1) is 0 Å². The van der Waals surface area contributed by atoms with Gasteiger partial charge in [-0.05, 0) is 48.4 Å². The summed E-state index contributed by atoms with van der Waals surface area (Å²) in [5.41, 5.74) is 2.44. The highest BCUT2D eigenvalue weighted by molar-refractivity contribution is 5.89. The average molecular weight is 285 g/mol. The topological polar surface area (TPSA) is 58.6 Å². The molecule has 0 aliphatic heterocycles. The van der Waals surface area contributed by atoms with E-state index >= 15 is 0 Å². The second kappa shape index (κ2) is 7.33. The number of rotatable bonds is 6. The van der Waals surface area contributed by atoms with Crippen molar-refractivity contribution in [3.8, 4) is 5.75 Å². The highest BCUT2D eigenvalue weighted by Crippen LogP contribution is 2.15. The highest BCUT2D eigenvalue weighted by atomic mass is 16.5. The van der Waals surface area contributed by atoms with Crippen LogP contribution in [0.4, 0.5) is 5.69 Å². The van der Waals surface area contributed by atoms with Crippen LogP contribution in [0.25, 0.3) is 0 Å². The van der Waals surface area contributed by atoms with Gasteiger partial charge in [-0.1, -0.05) is 19.1 Å². The standard InChI is InChI=1S/C17H19NO3/c1-2-10-21-17(20)14-6-8-15(9-7-14)18-12-13-4-3-5-16(19)11-13/h3-9,11,18-19H,2,10,12H2,1H3. The van der Waals surface area contributed by atoms with E-state index in [4.69, 9.17) is 4.74 Å². The van der Waals surface area contributed by atoms with E-state index in [2.05, 4.69) is 5.32 Å². The lowest BCUT2D eigenvalue weighted by molar-refractivity contribution is 0.0505. The fourth-order valence-corrected chi connectivity index (χ4v) is 1.87. The van der Waals surface area contributed by atoms with Crippen molar-refractivity contribution in [2.45, 2.75) is 19.9 Å². The van der Waals surface area contributed by atoms with Crippen LogP contribution in [0.1, 0.15) is 29.3 Å². The van der Waals surface area contributed by atoms with E-state index in [0.29, 0.717) is 18.7 Å². The van der Waals surface area contributed by atoms with Gasteiger partial charge in [0.2, 0.25) is 0 Å². The van der Waals surface area contributed by atoms with Crippen molar-refractivity contribution in [3.05, 3.63) is 59.7 Å². The molecule has 0 aliphatic carbocycles. The molecule has 0 amide bonds. The number of esters is 1. The molecule has 0 bridgehead atoms. The van der Waals surface area contributed by atoms with Crippen LogP contribution in [-0.2, 0) is 11.3 Å². The number of carbonyl (C=O) groups is 1. The van der Waals surface area contributed by atoms with Gasteiger partial charge in [-0.25, -0.2) is 4.79 Å². The molecule has 4 nitrogen and oxygen atoms in total. The average Bonchev–Trinajstić information content (AvgIpc) is 2.51. The van der Waals surface area contributed by atoms with Crippen LogP contribution < -0.4 is 5.32 Å². The summed E-state index contributed by atoms with van der Waals surface area (Å²) in [4.78, 5) is 11.7. The van der Waals surface area contributed by atoms with Crippen LogP contribution >= 0.6 is 0 Å². The number of carbonyl (C=O) groups excluding carboxylic acids is 1. The van der Waals surface area contributed by atoms with E-state index in [1.54, 1.807) is 30.3 Å². The summed E-state index contributed by atoms with van der Waals surface area (Å²) >= 11 is 0. The van der Waals surface area contributed by atoms with Crippen molar-refractivity contribution < 1.29 is 14.6 Å². The number of phenols is 1. The number of aromatic hydroxyl groups is 1. The molecule has 0 aliphatic rings. The Morgan fingerprint density at radius 1 is 1.19 bits per heavy atom. The third kappa shape index (κ3) is 4.53. The summed E-state index contributed by atoms with van der Waals surface area (Å²) in [5.74, 6) is -0.0419. The first-order valence-electron chi connectivity index (χ1n) is 6.98. The molecule has 0 heterocycles. The van der Waals surface area contributed by atoms with Crippen molar-refractivity contribution in [1.82, 2.24) is 0 Å². The van der Waals surface area contributed by atoms with Crippen LogP contribution in [0.3, 0.4) is 0 Å². The van der Waals surface area contributed by atoms with Crippen LogP contribution in [0.2, 0.25) is 0 Å². The van der Waals surface area contributed by atoms with Crippen molar-refractivity contribution in [2.75, 3.05) is 11.9 Å². The molecule has 0 spiro atoms. The maximum absolute atomic E-state index is 11.7. The Labute approximate surface area is 124 Å². The third-order valence-corrected chi connectivity index (χ3v) is 2.97. The molecule has 2 N–H and O–H groups in total. The molecule has 0 aromatic heterocycles. The van der Waals surface area contributed by atoms with Gasteiger partial charge in [-0.3, -0.25) is 0 Å². The Morgan fingerprint density at radius 2 is 1.95 bits per heavy atom.